The van der Waals surface area contributed by atoms with Crippen molar-refractivity contribution in [3.8, 4) is 0 Å². The van der Waals surface area contributed by atoms with Gasteiger partial charge in [0.25, 0.3) is 0 Å². The number of urea groups is 1. The van der Waals surface area contributed by atoms with Gasteiger partial charge in [-0.1, -0.05) is 0 Å². The van der Waals surface area contributed by atoms with Crippen molar-refractivity contribution in [1.29, 1.82) is 0 Å². The van der Waals surface area contributed by atoms with E-state index in [2.05, 4.69) is 10.2 Å². The third kappa shape index (κ3) is 3.35. The standard InChI is InChI=1S/C12H21N3O3/c16-11(17)3-5-13-12(18)15-8-4-10(9-15)14-6-1-2-7-14/h10H,1-9H2,(H,13,18)(H,16,17). The lowest BCUT2D eigenvalue weighted by atomic mass is 10.2. The van der Waals surface area contributed by atoms with E-state index in [9.17, 15) is 9.59 Å². The summed E-state index contributed by atoms with van der Waals surface area (Å²) in [7, 11) is 0. The molecule has 0 aliphatic carbocycles. The highest BCUT2D eigenvalue weighted by atomic mass is 16.4. The number of carboxylic acid groups (broad SMARTS) is 1. The molecule has 6 nitrogen and oxygen atoms in total. The van der Waals surface area contributed by atoms with Gasteiger partial charge in [0.05, 0.1) is 6.42 Å². The first kappa shape index (κ1) is 13.1. The molecule has 0 bridgehead atoms. The number of carbonyl (C=O) groups excluding carboxylic acids is 1. The number of nitrogens with zero attached hydrogens (tertiary/aromatic N) is 2. The molecule has 102 valence electrons. The minimum Gasteiger partial charge on any atom is -0.481 e. The molecule has 0 radical (unpaired) electrons. The Labute approximate surface area is 107 Å². The minimum atomic E-state index is -0.883. The molecule has 18 heavy (non-hydrogen) atoms. The number of amides is 2. The molecule has 2 saturated heterocycles. The second-order valence-electron chi connectivity index (χ2n) is 5.01. The Hall–Kier alpha value is -1.30. The number of carbonyl (C=O) groups is 2. The van der Waals surface area contributed by atoms with Gasteiger partial charge >= 0.3 is 12.0 Å². The maximum atomic E-state index is 11.8. The maximum absolute atomic E-state index is 11.8. The summed E-state index contributed by atoms with van der Waals surface area (Å²) in [4.78, 5) is 26.4. The highest BCUT2D eigenvalue weighted by Gasteiger charge is 2.31. The van der Waals surface area contributed by atoms with Gasteiger partial charge in [-0.05, 0) is 32.4 Å². The topological polar surface area (TPSA) is 72.9 Å². The molecule has 2 rings (SSSR count). The van der Waals surface area contributed by atoms with E-state index in [0.717, 1.165) is 32.6 Å². The molecule has 2 N–H and O–H groups in total. The van der Waals surface area contributed by atoms with Crippen LogP contribution >= 0.6 is 0 Å². The van der Waals surface area contributed by atoms with E-state index < -0.39 is 5.97 Å². The summed E-state index contributed by atoms with van der Waals surface area (Å²) in [6, 6.07) is 0.371. The van der Waals surface area contributed by atoms with Gasteiger partial charge in [-0.2, -0.15) is 0 Å². The number of rotatable bonds is 4. The van der Waals surface area contributed by atoms with Gasteiger partial charge in [-0.15, -0.1) is 0 Å². The monoisotopic (exact) mass is 255 g/mol. The largest absolute Gasteiger partial charge is 0.481 e. The van der Waals surface area contributed by atoms with Crippen LogP contribution in [0.5, 0.6) is 0 Å². The molecule has 2 aliphatic rings. The fourth-order valence-electron chi connectivity index (χ4n) is 2.72. The minimum absolute atomic E-state index is 0.0187. The van der Waals surface area contributed by atoms with E-state index in [1.54, 1.807) is 4.90 Å². The molecule has 2 fully saturated rings. The van der Waals surface area contributed by atoms with Gasteiger partial charge in [0.15, 0.2) is 0 Å². The molecule has 0 saturated carbocycles. The zero-order chi connectivity index (χ0) is 13.0. The quantitative estimate of drug-likeness (QED) is 0.760. The lowest BCUT2D eigenvalue weighted by Gasteiger charge is -2.23. The molecule has 2 aliphatic heterocycles. The van der Waals surface area contributed by atoms with Crippen LogP contribution in [0.4, 0.5) is 4.79 Å². The molecule has 0 aromatic heterocycles. The van der Waals surface area contributed by atoms with E-state index in [1.165, 1.54) is 12.8 Å². The van der Waals surface area contributed by atoms with Gasteiger partial charge in [-0.3, -0.25) is 9.69 Å². The van der Waals surface area contributed by atoms with E-state index in [4.69, 9.17) is 5.11 Å². The van der Waals surface area contributed by atoms with Crippen LogP contribution < -0.4 is 5.32 Å². The van der Waals surface area contributed by atoms with Crippen LogP contribution in [0, 0.1) is 0 Å². The number of hydrogen-bond donors (Lipinski definition) is 2. The Morgan fingerprint density at radius 2 is 1.94 bits per heavy atom. The predicted molar refractivity (Wildman–Crippen MR) is 66.4 cm³/mol. The van der Waals surface area contributed by atoms with Gasteiger partial charge in [0, 0.05) is 25.7 Å². The van der Waals surface area contributed by atoms with Crippen molar-refractivity contribution in [3.63, 3.8) is 0 Å². The molecule has 0 aromatic carbocycles. The van der Waals surface area contributed by atoms with Crippen LogP contribution in [0.3, 0.4) is 0 Å². The Morgan fingerprint density at radius 3 is 2.61 bits per heavy atom. The average Bonchev–Trinajstić information content (AvgIpc) is 2.99. The first-order chi connectivity index (χ1) is 8.66. The normalized spacial score (nSPS) is 24.4. The van der Waals surface area contributed by atoms with Crippen molar-refractivity contribution in [2.75, 3.05) is 32.7 Å². The molecule has 1 atom stereocenters. The van der Waals surface area contributed by atoms with Crippen LogP contribution in [-0.4, -0.2) is 65.7 Å². The molecular formula is C12H21N3O3. The number of aliphatic carboxylic acids is 1. The fraction of sp³-hybridized carbons (Fsp3) is 0.833. The zero-order valence-electron chi connectivity index (χ0n) is 10.6. The molecule has 0 aromatic rings. The second kappa shape index (κ2) is 6.04. The van der Waals surface area contributed by atoms with Crippen molar-refractivity contribution in [3.05, 3.63) is 0 Å². The highest BCUT2D eigenvalue weighted by Crippen LogP contribution is 2.20. The summed E-state index contributed by atoms with van der Waals surface area (Å²) in [5.41, 5.74) is 0. The Bertz CT molecular complexity index is 316. The van der Waals surface area contributed by atoms with Crippen LogP contribution in [-0.2, 0) is 4.79 Å². The zero-order valence-corrected chi connectivity index (χ0v) is 10.6. The van der Waals surface area contributed by atoms with Crippen LogP contribution in [0.2, 0.25) is 0 Å². The number of likely N-dealkylation sites (tertiary alicyclic amines) is 2. The van der Waals surface area contributed by atoms with E-state index in [-0.39, 0.29) is 19.0 Å². The third-order valence-corrected chi connectivity index (χ3v) is 3.72. The number of carboxylic acids is 1. The smallest absolute Gasteiger partial charge is 0.317 e. The molecule has 0 spiro atoms. The summed E-state index contributed by atoms with van der Waals surface area (Å²) in [5, 5.41) is 11.2. The van der Waals surface area contributed by atoms with Gasteiger partial charge in [-0.25, -0.2) is 4.79 Å². The van der Waals surface area contributed by atoms with Crippen molar-refractivity contribution in [2.45, 2.75) is 31.7 Å². The second-order valence-corrected chi connectivity index (χ2v) is 5.01. The molecule has 2 amide bonds. The van der Waals surface area contributed by atoms with Crippen molar-refractivity contribution in [2.24, 2.45) is 0 Å². The summed E-state index contributed by atoms with van der Waals surface area (Å²) < 4.78 is 0. The Kier molecular flexibility index (Phi) is 4.41. The maximum Gasteiger partial charge on any atom is 0.317 e. The van der Waals surface area contributed by atoms with Crippen molar-refractivity contribution >= 4 is 12.0 Å². The fourth-order valence-corrected chi connectivity index (χ4v) is 2.72. The van der Waals surface area contributed by atoms with E-state index >= 15 is 0 Å². The lowest BCUT2D eigenvalue weighted by Crippen LogP contribution is -2.42. The van der Waals surface area contributed by atoms with Crippen molar-refractivity contribution < 1.29 is 14.7 Å². The lowest BCUT2D eigenvalue weighted by molar-refractivity contribution is -0.136. The van der Waals surface area contributed by atoms with Gasteiger partial charge in [0.1, 0.15) is 0 Å². The van der Waals surface area contributed by atoms with Gasteiger partial charge in [0.2, 0.25) is 0 Å². The van der Waals surface area contributed by atoms with Gasteiger partial charge < -0.3 is 15.3 Å². The SMILES string of the molecule is O=C(O)CCNC(=O)N1CCC(N2CCCC2)C1. The molecule has 1 unspecified atom stereocenters. The number of nitrogens with one attached hydrogen (secondary N) is 1. The van der Waals surface area contributed by atoms with Crippen molar-refractivity contribution in [1.82, 2.24) is 15.1 Å². The number of hydrogen-bond acceptors (Lipinski definition) is 3. The van der Waals surface area contributed by atoms with Crippen LogP contribution in [0.25, 0.3) is 0 Å². The molecular weight excluding hydrogens is 234 g/mol. The van der Waals surface area contributed by atoms with Crippen LogP contribution in [0.15, 0.2) is 0 Å². The highest BCUT2D eigenvalue weighted by molar-refractivity contribution is 5.75. The van der Waals surface area contributed by atoms with E-state index in [1.807, 2.05) is 0 Å². The first-order valence-electron chi connectivity index (χ1n) is 6.65. The van der Waals surface area contributed by atoms with E-state index in [0.29, 0.717) is 6.04 Å². The Morgan fingerprint density at radius 1 is 1.22 bits per heavy atom. The average molecular weight is 255 g/mol. The summed E-state index contributed by atoms with van der Waals surface area (Å²) in [6.45, 7) is 4.07. The van der Waals surface area contributed by atoms with Crippen LogP contribution in [0.1, 0.15) is 25.7 Å². The predicted octanol–water partition coefficient (Wildman–Crippen LogP) is 0.341. The summed E-state index contributed by atoms with van der Waals surface area (Å²) in [5.74, 6) is -0.883. The molecule has 2 heterocycles. The summed E-state index contributed by atoms with van der Waals surface area (Å²) in [6.07, 6.45) is 3.55. The Balaban J connectivity index is 1.70. The molecule has 6 heteroatoms. The first-order valence-corrected chi connectivity index (χ1v) is 6.65. The summed E-state index contributed by atoms with van der Waals surface area (Å²) >= 11 is 0. The third-order valence-electron chi connectivity index (χ3n) is 3.72.